The number of nitrogens with zero attached hydrogens (tertiary/aromatic N) is 2. The molecule has 3 heterocycles. The summed E-state index contributed by atoms with van der Waals surface area (Å²) in [6, 6.07) is 8.27. The fraction of sp³-hybridized carbons (Fsp3) is 0.483. The van der Waals surface area contributed by atoms with Crippen molar-refractivity contribution in [2.45, 2.75) is 72.1 Å². The number of carbonyl (C=O) groups is 1. The first kappa shape index (κ1) is 25.0. The first-order valence-electron chi connectivity index (χ1n) is 12.8. The predicted molar refractivity (Wildman–Crippen MR) is 145 cm³/mol. The number of carboxylic acids is 1. The van der Waals surface area contributed by atoms with Gasteiger partial charge < -0.3 is 24.0 Å². The molecule has 2 aromatic carbocycles. The van der Waals surface area contributed by atoms with E-state index in [0.29, 0.717) is 16.8 Å². The topological polar surface area (TPSA) is 63.9 Å². The van der Waals surface area contributed by atoms with Gasteiger partial charge in [0.1, 0.15) is 11.4 Å². The number of aryl methyl sites for hydroxylation is 1. The zero-order chi connectivity index (χ0) is 25.8. The van der Waals surface area contributed by atoms with Crippen LogP contribution < -0.4 is 9.64 Å². The summed E-state index contributed by atoms with van der Waals surface area (Å²) < 4.78 is 14.4. The van der Waals surface area contributed by atoms with E-state index in [1.165, 1.54) is 16.9 Å². The third kappa shape index (κ3) is 4.46. The molecule has 0 spiro atoms. The Morgan fingerprint density at radius 3 is 2.56 bits per heavy atom. The van der Waals surface area contributed by atoms with E-state index in [1.807, 2.05) is 39.0 Å². The second kappa shape index (κ2) is 9.31. The molecule has 0 bridgehead atoms. The van der Waals surface area contributed by atoms with Gasteiger partial charge >= 0.3 is 5.97 Å². The molecule has 2 aliphatic heterocycles. The van der Waals surface area contributed by atoms with Gasteiger partial charge in [-0.1, -0.05) is 11.6 Å². The summed E-state index contributed by atoms with van der Waals surface area (Å²) in [6.45, 7) is 13.6. The molecule has 1 fully saturated rings. The number of carboxylic acid groups (broad SMARTS) is 1. The van der Waals surface area contributed by atoms with Crippen molar-refractivity contribution in [3.63, 3.8) is 0 Å². The summed E-state index contributed by atoms with van der Waals surface area (Å²) >= 11 is 6.40. The van der Waals surface area contributed by atoms with Crippen LogP contribution in [0, 0.1) is 13.8 Å². The van der Waals surface area contributed by atoms with Crippen LogP contribution in [0.4, 0.5) is 5.69 Å². The van der Waals surface area contributed by atoms with Crippen molar-refractivity contribution in [3.05, 3.63) is 46.1 Å². The average Bonchev–Trinajstić information content (AvgIpc) is 3.14. The largest absolute Gasteiger partial charge is 0.487 e. The van der Waals surface area contributed by atoms with Crippen LogP contribution in [-0.4, -0.2) is 47.0 Å². The Hall–Kier alpha value is -2.70. The van der Waals surface area contributed by atoms with Crippen LogP contribution in [-0.2, 0) is 22.5 Å². The van der Waals surface area contributed by atoms with Gasteiger partial charge in [0.25, 0.3) is 0 Å². The molecule has 1 N–H and O–H groups in total. The second-order valence-electron chi connectivity index (χ2n) is 11.0. The van der Waals surface area contributed by atoms with Crippen LogP contribution in [0.25, 0.3) is 22.0 Å². The standard InChI is InChI=1S/C29H35ClN2O4/c1-17-14-23-26(21-7-6-19(30)15-24(21)36-29(3,4)5)22(16-25(33)34)18(2)27-28(23)31(17)10-11-32(27)20-8-12-35-13-9-20/h6-7,14-15,20H,8-13,16H2,1-5H3,(H,33,34). The Balaban J connectivity index is 1.83. The molecule has 1 aromatic heterocycles. The van der Waals surface area contributed by atoms with Gasteiger partial charge in [-0.3, -0.25) is 4.79 Å². The van der Waals surface area contributed by atoms with E-state index in [9.17, 15) is 9.90 Å². The lowest BCUT2D eigenvalue weighted by Crippen LogP contribution is -2.44. The van der Waals surface area contributed by atoms with Gasteiger partial charge in [0.15, 0.2) is 0 Å². The third-order valence-electron chi connectivity index (χ3n) is 7.35. The smallest absolute Gasteiger partial charge is 0.307 e. The number of halogens is 1. The Morgan fingerprint density at radius 2 is 1.89 bits per heavy atom. The quantitative estimate of drug-likeness (QED) is 0.431. The average molecular weight is 511 g/mol. The predicted octanol–water partition coefficient (Wildman–Crippen LogP) is 6.38. The summed E-state index contributed by atoms with van der Waals surface area (Å²) in [5.41, 5.74) is 6.77. The highest BCUT2D eigenvalue weighted by atomic mass is 35.5. The van der Waals surface area contributed by atoms with E-state index in [2.05, 4.69) is 29.4 Å². The fourth-order valence-electron chi connectivity index (χ4n) is 5.91. The highest BCUT2D eigenvalue weighted by molar-refractivity contribution is 6.31. The normalized spacial score (nSPS) is 16.6. The van der Waals surface area contributed by atoms with Gasteiger partial charge in [-0.15, -0.1) is 0 Å². The molecular weight excluding hydrogens is 476 g/mol. The maximum Gasteiger partial charge on any atom is 0.307 e. The highest BCUT2D eigenvalue weighted by Gasteiger charge is 2.33. The van der Waals surface area contributed by atoms with Crippen molar-refractivity contribution in [2.75, 3.05) is 24.7 Å². The summed E-state index contributed by atoms with van der Waals surface area (Å²) in [6.07, 6.45) is 1.91. The van der Waals surface area contributed by atoms with E-state index in [4.69, 9.17) is 21.1 Å². The second-order valence-corrected chi connectivity index (χ2v) is 11.4. The Labute approximate surface area is 217 Å². The van der Waals surface area contributed by atoms with Crippen LogP contribution in [0.1, 0.15) is 50.4 Å². The minimum Gasteiger partial charge on any atom is -0.487 e. The summed E-state index contributed by atoms with van der Waals surface area (Å²) in [5.74, 6) is -0.179. The third-order valence-corrected chi connectivity index (χ3v) is 7.58. The lowest BCUT2D eigenvalue weighted by molar-refractivity contribution is -0.136. The van der Waals surface area contributed by atoms with E-state index in [-0.39, 0.29) is 6.42 Å². The molecule has 36 heavy (non-hydrogen) atoms. The zero-order valence-corrected chi connectivity index (χ0v) is 22.5. The molecule has 7 heteroatoms. The van der Waals surface area contributed by atoms with Crippen molar-refractivity contribution in [2.24, 2.45) is 0 Å². The van der Waals surface area contributed by atoms with Crippen molar-refractivity contribution in [3.8, 4) is 16.9 Å². The van der Waals surface area contributed by atoms with Crippen molar-refractivity contribution in [1.82, 2.24) is 4.57 Å². The van der Waals surface area contributed by atoms with Gasteiger partial charge in [0, 0.05) is 54.0 Å². The number of aromatic nitrogens is 1. The van der Waals surface area contributed by atoms with Crippen LogP contribution >= 0.6 is 11.6 Å². The van der Waals surface area contributed by atoms with E-state index >= 15 is 0 Å². The number of hydrogen-bond donors (Lipinski definition) is 1. The molecule has 0 saturated carbocycles. The molecular formula is C29H35ClN2O4. The maximum absolute atomic E-state index is 12.2. The monoisotopic (exact) mass is 510 g/mol. The van der Waals surface area contributed by atoms with Gasteiger partial charge in [0.05, 0.1) is 17.6 Å². The van der Waals surface area contributed by atoms with Gasteiger partial charge in [-0.05, 0) is 88.4 Å². The van der Waals surface area contributed by atoms with Gasteiger partial charge in [-0.2, -0.15) is 0 Å². The maximum atomic E-state index is 12.2. The minimum atomic E-state index is -0.845. The molecule has 192 valence electrons. The van der Waals surface area contributed by atoms with E-state index in [1.54, 1.807) is 0 Å². The summed E-state index contributed by atoms with van der Waals surface area (Å²) in [5, 5.41) is 11.7. The molecule has 0 amide bonds. The molecule has 6 nitrogen and oxygen atoms in total. The molecule has 0 atom stereocenters. The van der Waals surface area contributed by atoms with Crippen LogP contribution in [0.5, 0.6) is 5.75 Å². The summed E-state index contributed by atoms with van der Waals surface area (Å²) in [7, 11) is 0. The van der Waals surface area contributed by atoms with Crippen LogP contribution in [0.2, 0.25) is 5.02 Å². The fourth-order valence-corrected chi connectivity index (χ4v) is 6.07. The molecule has 3 aromatic rings. The number of ether oxygens (including phenoxy) is 2. The van der Waals surface area contributed by atoms with E-state index < -0.39 is 11.6 Å². The van der Waals surface area contributed by atoms with Gasteiger partial charge in [0.2, 0.25) is 0 Å². The molecule has 0 aliphatic carbocycles. The molecule has 5 rings (SSSR count). The number of rotatable bonds is 5. The number of anilines is 1. The van der Waals surface area contributed by atoms with Crippen molar-refractivity contribution < 1.29 is 19.4 Å². The molecule has 0 unspecified atom stereocenters. The lowest BCUT2D eigenvalue weighted by Gasteiger charge is -2.41. The van der Waals surface area contributed by atoms with Crippen molar-refractivity contribution >= 4 is 34.2 Å². The Bertz CT molecular complexity index is 1330. The number of aliphatic carboxylic acids is 1. The number of benzene rings is 2. The first-order chi connectivity index (χ1) is 17.0. The van der Waals surface area contributed by atoms with E-state index in [0.717, 1.165) is 66.8 Å². The lowest BCUT2D eigenvalue weighted by atomic mass is 9.87. The van der Waals surface area contributed by atoms with Gasteiger partial charge in [-0.25, -0.2) is 0 Å². The minimum absolute atomic E-state index is 0.0620. The Kier molecular flexibility index (Phi) is 6.46. The zero-order valence-electron chi connectivity index (χ0n) is 21.8. The van der Waals surface area contributed by atoms with Crippen molar-refractivity contribution in [1.29, 1.82) is 0 Å². The molecule has 2 aliphatic rings. The van der Waals surface area contributed by atoms with Crippen LogP contribution in [0.3, 0.4) is 0 Å². The Morgan fingerprint density at radius 1 is 1.17 bits per heavy atom. The summed E-state index contributed by atoms with van der Waals surface area (Å²) in [4.78, 5) is 14.7. The first-order valence-corrected chi connectivity index (χ1v) is 13.1. The molecule has 0 radical (unpaired) electrons. The highest BCUT2D eigenvalue weighted by Crippen LogP contribution is 2.48. The van der Waals surface area contributed by atoms with Crippen LogP contribution in [0.15, 0.2) is 24.3 Å². The molecule has 1 saturated heterocycles. The number of hydrogen-bond acceptors (Lipinski definition) is 4. The SMILES string of the molecule is Cc1c(CC(=O)O)c(-c2ccc(Cl)cc2OC(C)(C)C)c2cc(C)n3c2c1N(C1CCOCC1)CC3.